The standard InChI is InChI=1S/C11H22N4OS/c1-5-6-12-9(3)10-14-15-11(16-10)13-8(2)7-17-4/h8-9,12H,5-7H2,1-4H3,(H,13,15). The van der Waals surface area contributed by atoms with Crippen LogP contribution >= 0.6 is 11.8 Å². The lowest BCUT2D eigenvalue weighted by molar-refractivity contribution is 0.422. The lowest BCUT2D eigenvalue weighted by Gasteiger charge is -2.10. The summed E-state index contributed by atoms with van der Waals surface area (Å²) in [5.41, 5.74) is 0. The van der Waals surface area contributed by atoms with Crippen molar-refractivity contribution in [3.63, 3.8) is 0 Å². The zero-order valence-electron chi connectivity index (χ0n) is 11.0. The molecule has 2 N–H and O–H groups in total. The van der Waals surface area contributed by atoms with Gasteiger partial charge in [-0.1, -0.05) is 12.0 Å². The second-order valence-electron chi connectivity index (χ2n) is 4.12. The fraction of sp³-hybridized carbons (Fsp3) is 0.818. The van der Waals surface area contributed by atoms with Crippen LogP contribution < -0.4 is 10.6 Å². The monoisotopic (exact) mass is 258 g/mol. The van der Waals surface area contributed by atoms with Gasteiger partial charge in [-0.05, 0) is 33.1 Å². The summed E-state index contributed by atoms with van der Waals surface area (Å²) in [6.07, 6.45) is 3.17. The Morgan fingerprint density at radius 1 is 1.35 bits per heavy atom. The van der Waals surface area contributed by atoms with Crippen LogP contribution in [0.25, 0.3) is 0 Å². The first-order chi connectivity index (χ1) is 8.17. The molecule has 5 nitrogen and oxygen atoms in total. The molecule has 1 rings (SSSR count). The summed E-state index contributed by atoms with van der Waals surface area (Å²) in [6, 6.07) is 0.942. The highest BCUT2D eigenvalue weighted by Gasteiger charge is 2.13. The van der Waals surface area contributed by atoms with Crippen molar-refractivity contribution in [2.24, 2.45) is 0 Å². The maximum absolute atomic E-state index is 5.55. The van der Waals surface area contributed by atoms with Gasteiger partial charge in [0.2, 0.25) is 5.89 Å². The quantitative estimate of drug-likeness (QED) is 0.746. The zero-order valence-corrected chi connectivity index (χ0v) is 11.8. The number of rotatable bonds is 8. The second-order valence-corrected chi connectivity index (χ2v) is 5.03. The van der Waals surface area contributed by atoms with E-state index >= 15 is 0 Å². The summed E-state index contributed by atoms with van der Waals surface area (Å²) in [5.74, 6) is 1.65. The molecule has 1 heterocycles. The molecule has 0 aliphatic carbocycles. The van der Waals surface area contributed by atoms with Gasteiger partial charge < -0.3 is 15.1 Å². The molecule has 2 atom stereocenters. The predicted molar refractivity (Wildman–Crippen MR) is 72.5 cm³/mol. The topological polar surface area (TPSA) is 63.0 Å². The van der Waals surface area contributed by atoms with Crippen LogP contribution in [0.4, 0.5) is 6.01 Å². The maximum atomic E-state index is 5.55. The van der Waals surface area contributed by atoms with Gasteiger partial charge in [0.25, 0.3) is 0 Å². The van der Waals surface area contributed by atoms with E-state index in [1.807, 2.05) is 6.92 Å². The van der Waals surface area contributed by atoms with Crippen molar-refractivity contribution in [2.45, 2.75) is 39.3 Å². The van der Waals surface area contributed by atoms with Crippen molar-refractivity contribution >= 4 is 17.8 Å². The second kappa shape index (κ2) is 7.55. The highest BCUT2D eigenvalue weighted by molar-refractivity contribution is 7.98. The smallest absolute Gasteiger partial charge is 0.315 e. The molecular formula is C11H22N4OS. The van der Waals surface area contributed by atoms with Crippen molar-refractivity contribution in [1.82, 2.24) is 15.5 Å². The number of thioether (sulfide) groups is 1. The number of aromatic nitrogens is 2. The highest BCUT2D eigenvalue weighted by atomic mass is 32.2. The molecule has 0 aromatic carbocycles. The van der Waals surface area contributed by atoms with Crippen molar-refractivity contribution < 1.29 is 4.42 Å². The number of nitrogens with one attached hydrogen (secondary N) is 2. The van der Waals surface area contributed by atoms with Crippen LogP contribution in [0.1, 0.15) is 39.1 Å². The van der Waals surface area contributed by atoms with E-state index in [9.17, 15) is 0 Å². The average molecular weight is 258 g/mol. The van der Waals surface area contributed by atoms with Gasteiger partial charge in [0.1, 0.15) is 0 Å². The largest absolute Gasteiger partial charge is 0.406 e. The Bertz CT molecular complexity index is 318. The third-order valence-corrected chi connectivity index (χ3v) is 3.13. The number of nitrogens with zero attached hydrogens (tertiary/aromatic N) is 2. The normalized spacial score (nSPS) is 14.6. The minimum absolute atomic E-state index is 0.105. The summed E-state index contributed by atoms with van der Waals surface area (Å²) >= 11 is 1.79. The molecule has 98 valence electrons. The van der Waals surface area contributed by atoms with E-state index in [0.29, 0.717) is 17.9 Å². The third-order valence-electron chi connectivity index (χ3n) is 2.30. The summed E-state index contributed by atoms with van der Waals surface area (Å²) in [5, 5.41) is 14.5. The Labute approximate surface area is 107 Å². The van der Waals surface area contributed by atoms with Gasteiger partial charge in [-0.2, -0.15) is 11.8 Å². The first-order valence-electron chi connectivity index (χ1n) is 5.99. The molecule has 1 aromatic heterocycles. The van der Waals surface area contributed by atoms with Crippen LogP contribution in [-0.2, 0) is 0 Å². The SMILES string of the molecule is CCCNC(C)c1nnc(NC(C)CSC)o1. The van der Waals surface area contributed by atoms with Crippen LogP contribution in [0, 0.1) is 0 Å². The summed E-state index contributed by atoms with van der Waals surface area (Å²) in [4.78, 5) is 0. The van der Waals surface area contributed by atoms with E-state index in [2.05, 4.69) is 40.9 Å². The maximum Gasteiger partial charge on any atom is 0.315 e. The lowest BCUT2D eigenvalue weighted by atomic mass is 10.3. The lowest BCUT2D eigenvalue weighted by Crippen LogP contribution is -2.19. The van der Waals surface area contributed by atoms with E-state index in [1.54, 1.807) is 11.8 Å². The molecule has 0 spiro atoms. The molecule has 1 aromatic rings. The summed E-state index contributed by atoms with van der Waals surface area (Å²) in [6.45, 7) is 7.21. The molecule has 0 saturated heterocycles. The number of hydrogen-bond donors (Lipinski definition) is 2. The fourth-order valence-corrected chi connectivity index (χ4v) is 2.00. The van der Waals surface area contributed by atoms with E-state index in [4.69, 9.17) is 4.42 Å². The molecule has 0 radical (unpaired) electrons. The Hall–Kier alpha value is -0.750. The van der Waals surface area contributed by atoms with Gasteiger partial charge in [-0.25, -0.2) is 0 Å². The van der Waals surface area contributed by atoms with Gasteiger partial charge in [-0.3, -0.25) is 0 Å². The zero-order chi connectivity index (χ0) is 12.7. The van der Waals surface area contributed by atoms with Crippen LogP contribution in [0.2, 0.25) is 0 Å². The molecule has 17 heavy (non-hydrogen) atoms. The predicted octanol–water partition coefficient (Wildman–Crippen LogP) is 2.29. The van der Waals surface area contributed by atoms with Crippen LogP contribution in [0.3, 0.4) is 0 Å². The van der Waals surface area contributed by atoms with Gasteiger partial charge in [0, 0.05) is 11.8 Å². The number of hydrogen-bond acceptors (Lipinski definition) is 6. The van der Waals surface area contributed by atoms with E-state index in [-0.39, 0.29) is 6.04 Å². The molecule has 0 aliphatic heterocycles. The van der Waals surface area contributed by atoms with E-state index in [1.165, 1.54) is 0 Å². The first-order valence-corrected chi connectivity index (χ1v) is 7.39. The molecule has 0 aliphatic rings. The van der Waals surface area contributed by atoms with Crippen LogP contribution in [-0.4, -0.2) is 34.8 Å². The molecule has 0 fully saturated rings. The summed E-state index contributed by atoms with van der Waals surface area (Å²) < 4.78 is 5.55. The van der Waals surface area contributed by atoms with Gasteiger partial charge in [0.15, 0.2) is 0 Å². The molecule has 0 amide bonds. The van der Waals surface area contributed by atoms with Crippen molar-refractivity contribution in [3.05, 3.63) is 5.89 Å². The molecular weight excluding hydrogens is 236 g/mol. The molecule has 2 unspecified atom stereocenters. The third kappa shape index (κ3) is 4.95. The first kappa shape index (κ1) is 14.3. The average Bonchev–Trinajstić information content (AvgIpc) is 2.74. The molecule has 0 saturated carbocycles. The van der Waals surface area contributed by atoms with E-state index in [0.717, 1.165) is 18.7 Å². The van der Waals surface area contributed by atoms with Crippen molar-refractivity contribution in [1.29, 1.82) is 0 Å². The van der Waals surface area contributed by atoms with Crippen LogP contribution in [0.15, 0.2) is 4.42 Å². The fourth-order valence-electron chi connectivity index (χ4n) is 1.42. The molecule has 6 heteroatoms. The Kier molecular flexibility index (Phi) is 6.36. The van der Waals surface area contributed by atoms with Gasteiger partial charge in [0.05, 0.1) is 6.04 Å². The van der Waals surface area contributed by atoms with E-state index < -0.39 is 0 Å². The highest BCUT2D eigenvalue weighted by Crippen LogP contribution is 2.14. The van der Waals surface area contributed by atoms with Gasteiger partial charge in [-0.15, -0.1) is 5.10 Å². The summed E-state index contributed by atoms with van der Waals surface area (Å²) in [7, 11) is 0. The molecule has 0 bridgehead atoms. The Balaban J connectivity index is 2.46. The minimum Gasteiger partial charge on any atom is -0.406 e. The van der Waals surface area contributed by atoms with Gasteiger partial charge >= 0.3 is 6.01 Å². The minimum atomic E-state index is 0.105. The Morgan fingerprint density at radius 2 is 2.12 bits per heavy atom. The van der Waals surface area contributed by atoms with Crippen LogP contribution in [0.5, 0.6) is 0 Å². The Morgan fingerprint density at radius 3 is 2.76 bits per heavy atom. The van der Waals surface area contributed by atoms with Crippen molar-refractivity contribution in [2.75, 3.05) is 23.9 Å². The van der Waals surface area contributed by atoms with Crippen molar-refractivity contribution in [3.8, 4) is 0 Å². The number of anilines is 1.